The van der Waals surface area contributed by atoms with Gasteiger partial charge in [-0.05, 0) is 154 Å². The van der Waals surface area contributed by atoms with Crippen LogP contribution in [0, 0.1) is 51.9 Å². The average molecular weight is 1950 g/mol. The van der Waals surface area contributed by atoms with E-state index < -0.39 is 227 Å². The number of urea groups is 1. The monoisotopic (exact) mass is 1940 g/mol. The lowest BCUT2D eigenvalue weighted by atomic mass is 9.72. The number of alkyl carbamates (subject to hydrolysis) is 1. The SMILES string of the molecule is CCN[C@H]1CO[C@@H](O[C@H]2[C@H](O[C@H]3C#C/C=C\C#C[C@]4(O)CC(=O)C(CC(C)=O)=C3C4=CCSSC(C)(C)[C@H](CC(=O)[C@H](CCCNC(N)=O)NC(=O)[C@@H](CC(=O)[C@H](CCCCNC(=O)OC(C)(C)C)NC(C)=O)C(C)C)C(=O)O)O[C@H](C)[C@@H](NO[C@H]3C[C@H](O)[C@H](SC(=O)c4c(C)c(I)c(O[C@@H]5O[C@@H](C)[C@H](O)[C@@H](OC)[C@H]5O)c(OC)c4OC)[C@@H](C)O3)[C@@H]2O)C[C@@H]1OC. The molecule has 1 aromatic rings. The first kappa shape index (κ1) is 106. The first-order valence-corrected chi connectivity index (χ1v) is 46.3. The van der Waals surface area contributed by atoms with E-state index in [1.807, 2.05) is 29.5 Å². The number of aliphatic carboxylic acids is 1. The molecule has 14 N–H and O–H groups in total. The Morgan fingerprint density at radius 3 is 2.06 bits per heavy atom. The maximum atomic E-state index is 14.7. The molecule has 4 heterocycles. The fraction of sp³-hybridized carbons (Fsp3) is 0.698. The largest absolute Gasteiger partial charge is 0.492 e. The summed E-state index contributed by atoms with van der Waals surface area (Å²) < 4.78 is 72.3. The number of thioether (sulfide) groups is 1. The molecule has 7 rings (SSSR count). The third kappa shape index (κ3) is 29.2. The highest BCUT2D eigenvalue weighted by Crippen LogP contribution is 2.50. The molecule has 0 radical (unpaired) electrons. The van der Waals surface area contributed by atoms with Crippen LogP contribution in [0.1, 0.15) is 177 Å². The van der Waals surface area contributed by atoms with Gasteiger partial charge >= 0.3 is 18.1 Å². The number of carbonyl (C=O) groups is 10. The van der Waals surface area contributed by atoms with Gasteiger partial charge in [-0.3, -0.25) is 43.2 Å². The van der Waals surface area contributed by atoms with Gasteiger partial charge in [-0.2, -0.15) is 5.48 Å². The number of nitrogens with one attached hydrogen (secondary N) is 6. The molecule has 40 heteroatoms. The molecule has 4 aliphatic heterocycles. The zero-order valence-electron chi connectivity index (χ0n) is 74.6. The van der Waals surface area contributed by atoms with Crippen LogP contribution in [-0.2, 0) is 81.0 Å². The topological polar surface area (TPSA) is 510 Å². The smallest absolute Gasteiger partial charge is 0.407 e. The fourth-order valence-electron chi connectivity index (χ4n) is 15.5. The first-order valence-electron chi connectivity index (χ1n) is 42.0. The summed E-state index contributed by atoms with van der Waals surface area (Å²) in [6.07, 6.45) is -15.7. The predicted octanol–water partition coefficient (Wildman–Crippen LogP) is 5.39. The van der Waals surface area contributed by atoms with Crippen molar-refractivity contribution in [2.75, 3.05) is 60.4 Å². The number of fused-ring (bicyclic) bond motifs is 2. The highest BCUT2D eigenvalue weighted by atomic mass is 127. The van der Waals surface area contributed by atoms with Gasteiger partial charge in [0.1, 0.15) is 48.0 Å². The molecule has 2 aliphatic carbocycles. The van der Waals surface area contributed by atoms with E-state index in [2.05, 4.69) is 55.7 Å². The molecule has 704 valence electrons. The van der Waals surface area contributed by atoms with E-state index in [4.69, 9.17) is 67.4 Å². The lowest BCUT2D eigenvalue weighted by Gasteiger charge is -2.46. The second kappa shape index (κ2) is 49.0. The van der Waals surface area contributed by atoms with Crippen molar-refractivity contribution in [1.29, 1.82) is 0 Å². The van der Waals surface area contributed by atoms with Gasteiger partial charge in [0.05, 0.1) is 102 Å². The molecule has 4 saturated heterocycles. The van der Waals surface area contributed by atoms with Crippen molar-refractivity contribution in [1.82, 2.24) is 32.1 Å². The van der Waals surface area contributed by atoms with Gasteiger partial charge < -0.3 is 120 Å². The second-order valence-electron chi connectivity index (χ2n) is 33.6. The predicted molar refractivity (Wildman–Crippen MR) is 473 cm³/mol. The van der Waals surface area contributed by atoms with Crippen molar-refractivity contribution in [3.8, 4) is 40.9 Å². The standard InChI is InChI=1S/C86H126IN7O29S3/c1-19-89-55-41-115-62(39-61(55)111-15)120-74-69(102)67(94-123-63-38-58(99)76(47(8)116-63)125-79(107)64-44(5)66(87)72(75(114-18)71(64)112-16)121-80-70(103)73(113-17)68(101)46(7)118-80)45(6)117-81(74)119-60-29-22-20-21-24-31-86(110)40-59(100)50(35-43(4)95)65(60)51(86)30-34-124-126-85(13,14)52(78(105)106)37-57(98)54(28-26-33-90-82(88)108)93-77(104)49(42(2)3)36-56(97)53(92-48(9)96)27-23-25-32-91-83(109)122-84(10,11)12/h20-21,30,42,45-47,49,52-55,58,60-63,67-70,73-74,76,80-81,89,94,99,101-103,110H,19,23,25-28,32-41H2,1-18H3,(H,91,109)(H,92,96)(H,93,104)(H,105,106)(H3,88,90,108)/b21-20-,51-30?/t45-,46+,47-,49+,52-,53+,54+,55+,58+,60+,61+,62+,63+,67-,68+,69+,70-,73-,74-,76-,80+,81+,86+/m1/s1. The number of hydroxylamine groups is 1. The Hall–Kier alpha value is -6.60. The number of carboxylic acids is 1. The molecule has 0 spiro atoms. The summed E-state index contributed by atoms with van der Waals surface area (Å²) in [6.45, 7) is 23.6. The van der Waals surface area contributed by atoms with E-state index in [1.165, 1.54) is 54.4 Å². The van der Waals surface area contributed by atoms with E-state index in [0.29, 0.717) is 28.5 Å². The lowest BCUT2D eigenvalue weighted by molar-refractivity contribution is -0.336. The van der Waals surface area contributed by atoms with E-state index in [0.717, 1.165) is 33.3 Å². The Morgan fingerprint density at radius 2 is 1.44 bits per heavy atom. The number of methoxy groups -OCH3 is 4. The Kier molecular flexibility index (Phi) is 41.4. The quantitative estimate of drug-likeness (QED) is 0.0128. The molecular formula is C86H126IN7O29S3. The molecule has 126 heavy (non-hydrogen) atoms. The highest BCUT2D eigenvalue weighted by Gasteiger charge is 2.53. The number of carboxylic acid groups (broad SMARTS) is 1. The van der Waals surface area contributed by atoms with Crippen LogP contribution < -0.4 is 52.0 Å². The molecule has 5 amide bonds. The van der Waals surface area contributed by atoms with Crippen molar-refractivity contribution in [2.45, 2.75) is 305 Å². The van der Waals surface area contributed by atoms with Crippen LogP contribution in [-0.4, -0.2) is 287 Å². The molecular weight excluding hydrogens is 1820 g/mol. The second-order valence-corrected chi connectivity index (χ2v) is 38.9. The van der Waals surface area contributed by atoms with Crippen molar-refractivity contribution in [2.24, 2.45) is 23.5 Å². The third-order valence-corrected chi connectivity index (χ3v) is 28.1. The van der Waals surface area contributed by atoms with Gasteiger partial charge in [-0.25, -0.2) is 9.59 Å². The van der Waals surface area contributed by atoms with Crippen LogP contribution >= 0.6 is 55.9 Å². The van der Waals surface area contributed by atoms with Crippen molar-refractivity contribution in [3.63, 3.8) is 0 Å². The van der Waals surface area contributed by atoms with E-state index in [9.17, 15) is 78.6 Å². The number of ether oxygens (including phenoxy) is 12. The molecule has 2 bridgehead atoms. The van der Waals surface area contributed by atoms with Gasteiger partial charge in [0.2, 0.25) is 29.0 Å². The number of allylic oxidation sites excluding steroid dienone is 3. The summed E-state index contributed by atoms with van der Waals surface area (Å²) in [4.78, 5) is 142. The van der Waals surface area contributed by atoms with Crippen molar-refractivity contribution in [3.05, 3.63) is 49.6 Å². The number of ketones is 4. The summed E-state index contributed by atoms with van der Waals surface area (Å²) in [5, 5.41) is 82.9. The van der Waals surface area contributed by atoms with Crippen molar-refractivity contribution < 1.29 is 140 Å². The van der Waals surface area contributed by atoms with Gasteiger partial charge in [-0.15, -0.1) is 0 Å². The number of carbonyl (C=O) groups excluding carboxylic acids is 9. The van der Waals surface area contributed by atoms with Gasteiger partial charge in [-0.1, -0.05) is 83.9 Å². The number of benzene rings is 1. The molecule has 6 aliphatic rings. The minimum absolute atomic E-state index is 0.00450. The number of hydrogen-bond donors (Lipinski definition) is 13. The van der Waals surface area contributed by atoms with Gasteiger partial charge in [0, 0.05) is 99.5 Å². The molecule has 0 aromatic heterocycles. The lowest BCUT2D eigenvalue weighted by Crippen LogP contribution is -2.65. The fourth-order valence-corrected chi connectivity index (χ4v) is 19.9. The summed E-state index contributed by atoms with van der Waals surface area (Å²) in [5.74, 6) is 3.70. The van der Waals surface area contributed by atoms with E-state index in [-0.39, 0.29) is 110 Å². The number of amides is 5. The van der Waals surface area contributed by atoms with Gasteiger partial charge in [0.15, 0.2) is 53.3 Å². The highest BCUT2D eigenvalue weighted by molar-refractivity contribution is 14.1. The Morgan fingerprint density at radius 1 is 0.778 bits per heavy atom. The van der Waals surface area contributed by atoms with E-state index >= 15 is 0 Å². The van der Waals surface area contributed by atoms with Crippen LogP contribution in [0.4, 0.5) is 9.59 Å². The molecule has 0 saturated carbocycles. The Labute approximate surface area is 761 Å². The van der Waals surface area contributed by atoms with E-state index in [1.54, 1.807) is 82.2 Å². The number of halogens is 1. The number of Topliss-reactive ketones (excluding diaryl/α,β-unsaturated/α-hetero) is 4. The maximum Gasteiger partial charge on any atom is 0.407 e. The number of hydrogen-bond acceptors (Lipinski definition) is 33. The number of primary amides is 1. The zero-order chi connectivity index (χ0) is 93.6. The number of aliphatic hydroxyl groups is 5. The molecule has 36 nitrogen and oxygen atoms in total. The molecule has 4 fully saturated rings. The number of nitrogens with two attached hydrogens (primary N) is 1. The Bertz CT molecular complexity index is 4210. The van der Waals surface area contributed by atoms with Gasteiger partial charge in [0.25, 0.3) is 0 Å². The van der Waals surface area contributed by atoms with Crippen LogP contribution in [0.25, 0.3) is 0 Å². The first-order chi connectivity index (χ1) is 59.3. The Balaban J connectivity index is 1.12. The summed E-state index contributed by atoms with van der Waals surface area (Å²) >= 11 is 2.76. The van der Waals surface area contributed by atoms with Crippen LogP contribution in [0.2, 0.25) is 0 Å². The molecule has 1 aromatic carbocycles. The van der Waals surface area contributed by atoms with Crippen LogP contribution in [0.5, 0.6) is 17.2 Å². The van der Waals surface area contributed by atoms with Crippen LogP contribution in [0.3, 0.4) is 0 Å². The molecule has 23 atom stereocenters. The third-order valence-electron chi connectivity index (χ3n) is 22.2. The minimum atomic E-state index is -2.29. The average Bonchev–Trinajstić information content (AvgIpc) is 0.755. The maximum absolute atomic E-state index is 14.7. The summed E-state index contributed by atoms with van der Waals surface area (Å²) in [7, 11) is 7.72. The number of aliphatic hydroxyl groups excluding tert-OH is 4. The van der Waals surface area contributed by atoms with Crippen LogP contribution in [0.15, 0.2) is 34.9 Å². The number of likely N-dealkylation sites (N-methyl/N-ethyl adjacent to an activating group) is 1. The summed E-state index contributed by atoms with van der Waals surface area (Å²) in [6, 6.07) is -4.65. The molecule has 0 unspecified atom stereocenters. The normalized spacial score (nSPS) is 29.0. The summed E-state index contributed by atoms with van der Waals surface area (Å²) in [5.41, 5.74) is 5.55. The van der Waals surface area contributed by atoms with Crippen molar-refractivity contribution >= 4 is 114 Å². The number of unbranched alkanes of at least 4 members (excludes halogenated alkanes) is 1. The number of rotatable bonds is 44. The zero-order valence-corrected chi connectivity index (χ0v) is 79.2. The minimum Gasteiger partial charge on any atom is -0.492 e.